The van der Waals surface area contributed by atoms with Gasteiger partial charge in [0.1, 0.15) is 5.75 Å². The third-order valence-corrected chi connectivity index (χ3v) is 3.56. The van der Waals surface area contributed by atoms with Crippen LogP contribution in [0.2, 0.25) is 5.02 Å². The maximum Gasteiger partial charge on any atom is 0.274 e. The summed E-state index contributed by atoms with van der Waals surface area (Å²) in [6, 6.07) is 12.7. The fourth-order valence-corrected chi connectivity index (χ4v) is 2.47. The zero-order valence-corrected chi connectivity index (χ0v) is 12.2. The van der Waals surface area contributed by atoms with Crippen molar-refractivity contribution in [3.05, 3.63) is 69.6 Å². The number of rotatable bonds is 3. The molecule has 0 aliphatic carbocycles. The second-order valence-corrected chi connectivity index (χ2v) is 5.09. The molecule has 0 aliphatic heterocycles. The Hall–Kier alpha value is -2.33. The lowest BCUT2D eigenvalue weighted by Gasteiger charge is -2.10. The van der Waals surface area contributed by atoms with Crippen LogP contribution in [0.25, 0.3) is 10.8 Å². The van der Waals surface area contributed by atoms with Gasteiger partial charge < -0.3 is 4.74 Å². The van der Waals surface area contributed by atoms with Gasteiger partial charge in [-0.3, -0.25) is 4.79 Å². The summed E-state index contributed by atoms with van der Waals surface area (Å²) in [7, 11) is 1.59. The summed E-state index contributed by atoms with van der Waals surface area (Å²) in [6.07, 6.45) is 1.69. The molecule has 106 valence electrons. The molecule has 0 saturated carbocycles. The van der Waals surface area contributed by atoms with Gasteiger partial charge in [0.15, 0.2) is 0 Å². The molecule has 0 aliphatic rings. The molecule has 1 aromatic heterocycles. The summed E-state index contributed by atoms with van der Waals surface area (Å²) in [5.41, 5.74) is 0.685. The van der Waals surface area contributed by atoms with Crippen LogP contribution >= 0.6 is 11.6 Å². The van der Waals surface area contributed by atoms with Crippen molar-refractivity contribution < 1.29 is 4.74 Å². The molecule has 0 unspecified atom stereocenters. The fraction of sp³-hybridized carbons (Fsp3) is 0.125. The van der Waals surface area contributed by atoms with Crippen LogP contribution in [0.4, 0.5) is 0 Å². The first-order valence-electron chi connectivity index (χ1n) is 6.46. The predicted molar refractivity (Wildman–Crippen MR) is 83.1 cm³/mol. The average Bonchev–Trinajstić information content (AvgIpc) is 2.51. The van der Waals surface area contributed by atoms with Crippen LogP contribution in [-0.2, 0) is 6.54 Å². The second-order valence-electron chi connectivity index (χ2n) is 4.65. The van der Waals surface area contributed by atoms with E-state index in [2.05, 4.69) is 5.10 Å². The number of ether oxygens (including phenoxy) is 1. The largest absolute Gasteiger partial charge is 0.496 e. The van der Waals surface area contributed by atoms with E-state index < -0.39 is 0 Å². The van der Waals surface area contributed by atoms with E-state index in [1.54, 1.807) is 37.6 Å². The summed E-state index contributed by atoms with van der Waals surface area (Å²) < 4.78 is 6.71. The third-order valence-electron chi connectivity index (χ3n) is 3.32. The molecule has 0 fully saturated rings. The highest BCUT2D eigenvalue weighted by atomic mass is 35.5. The number of benzene rings is 2. The number of methoxy groups -OCH3 is 1. The third kappa shape index (κ3) is 2.62. The molecule has 0 N–H and O–H groups in total. The number of nitrogens with zero attached hydrogens (tertiary/aromatic N) is 2. The van der Waals surface area contributed by atoms with Gasteiger partial charge in [-0.15, -0.1) is 0 Å². The zero-order valence-electron chi connectivity index (χ0n) is 11.4. The normalized spacial score (nSPS) is 10.8. The highest BCUT2D eigenvalue weighted by Crippen LogP contribution is 2.23. The van der Waals surface area contributed by atoms with E-state index in [-0.39, 0.29) is 5.56 Å². The molecule has 0 saturated heterocycles. The average molecular weight is 301 g/mol. The van der Waals surface area contributed by atoms with Crippen LogP contribution in [0, 0.1) is 0 Å². The van der Waals surface area contributed by atoms with Gasteiger partial charge in [0, 0.05) is 16.0 Å². The van der Waals surface area contributed by atoms with Crippen molar-refractivity contribution in [3.8, 4) is 5.75 Å². The minimum absolute atomic E-state index is 0.130. The quantitative estimate of drug-likeness (QED) is 0.746. The first kappa shape index (κ1) is 13.6. The van der Waals surface area contributed by atoms with E-state index >= 15 is 0 Å². The standard InChI is InChI=1S/C16H13ClN2O2/c1-21-15-7-6-13(17)8-12(15)10-19-16(20)14-5-3-2-4-11(14)9-18-19/h2-9H,10H2,1H3. The SMILES string of the molecule is COc1ccc(Cl)cc1Cn1ncc2ccccc2c1=O. The highest BCUT2D eigenvalue weighted by molar-refractivity contribution is 6.30. The van der Waals surface area contributed by atoms with Crippen molar-refractivity contribution in [2.24, 2.45) is 0 Å². The number of hydrogen-bond acceptors (Lipinski definition) is 3. The Morgan fingerprint density at radius 2 is 2.05 bits per heavy atom. The molecule has 0 spiro atoms. The van der Waals surface area contributed by atoms with Crippen molar-refractivity contribution in [2.45, 2.75) is 6.54 Å². The molecule has 3 rings (SSSR count). The van der Waals surface area contributed by atoms with Crippen LogP contribution in [0.15, 0.2) is 53.5 Å². The molecule has 3 aromatic rings. The van der Waals surface area contributed by atoms with Crippen molar-refractivity contribution >= 4 is 22.4 Å². The van der Waals surface area contributed by atoms with E-state index in [0.29, 0.717) is 22.7 Å². The van der Waals surface area contributed by atoms with Crippen LogP contribution in [-0.4, -0.2) is 16.9 Å². The summed E-state index contributed by atoms with van der Waals surface area (Å²) in [5.74, 6) is 0.682. The fourth-order valence-electron chi connectivity index (χ4n) is 2.27. The summed E-state index contributed by atoms with van der Waals surface area (Å²) >= 11 is 6.01. The Labute approximate surface area is 126 Å². The minimum atomic E-state index is -0.130. The van der Waals surface area contributed by atoms with Crippen molar-refractivity contribution in [1.29, 1.82) is 0 Å². The van der Waals surface area contributed by atoms with Crippen molar-refractivity contribution in [3.63, 3.8) is 0 Å². The zero-order chi connectivity index (χ0) is 14.8. The van der Waals surface area contributed by atoms with Gasteiger partial charge in [-0.2, -0.15) is 5.10 Å². The number of hydrogen-bond donors (Lipinski definition) is 0. The molecule has 0 radical (unpaired) electrons. The van der Waals surface area contributed by atoms with E-state index in [1.807, 2.05) is 18.2 Å². The Bertz CT molecular complexity index is 858. The Kier molecular flexibility index (Phi) is 3.62. The molecule has 5 heteroatoms. The molecule has 21 heavy (non-hydrogen) atoms. The number of halogens is 1. The molecule has 4 nitrogen and oxygen atoms in total. The smallest absolute Gasteiger partial charge is 0.274 e. The Balaban J connectivity index is 2.08. The maximum atomic E-state index is 12.4. The first-order chi connectivity index (χ1) is 10.2. The lowest BCUT2D eigenvalue weighted by Crippen LogP contribution is -2.23. The summed E-state index contributed by atoms with van der Waals surface area (Å²) in [5, 5.41) is 6.29. The lowest BCUT2D eigenvalue weighted by molar-refractivity contribution is 0.407. The van der Waals surface area contributed by atoms with Crippen LogP contribution in [0.1, 0.15) is 5.56 Å². The molecule has 1 heterocycles. The van der Waals surface area contributed by atoms with Gasteiger partial charge in [-0.05, 0) is 24.3 Å². The van der Waals surface area contributed by atoms with Gasteiger partial charge in [0.05, 0.1) is 25.2 Å². The van der Waals surface area contributed by atoms with Gasteiger partial charge in [-0.1, -0.05) is 29.8 Å². The Morgan fingerprint density at radius 3 is 2.86 bits per heavy atom. The van der Waals surface area contributed by atoms with E-state index in [1.165, 1.54) is 4.68 Å². The topological polar surface area (TPSA) is 44.1 Å². The molecule has 0 amide bonds. The van der Waals surface area contributed by atoms with Gasteiger partial charge in [0.25, 0.3) is 5.56 Å². The second kappa shape index (κ2) is 5.58. The molecule has 2 aromatic carbocycles. The number of fused-ring (bicyclic) bond motifs is 1. The monoisotopic (exact) mass is 300 g/mol. The lowest BCUT2D eigenvalue weighted by atomic mass is 10.2. The maximum absolute atomic E-state index is 12.4. The molecule has 0 bridgehead atoms. The molecular formula is C16H13ClN2O2. The van der Waals surface area contributed by atoms with Gasteiger partial charge in [0.2, 0.25) is 0 Å². The molecule has 0 atom stereocenters. The Morgan fingerprint density at radius 1 is 1.24 bits per heavy atom. The van der Waals surface area contributed by atoms with Crippen LogP contribution < -0.4 is 10.3 Å². The highest BCUT2D eigenvalue weighted by Gasteiger charge is 2.08. The van der Waals surface area contributed by atoms with E-state index in [4.69, 9.17) is 16.3 Å². The number of aromatic nitrogens is 2. The van der Waals surface area contributed by atoms with Crippen molar-refractivity contribution in [2.75, 3.05) is 7.11 Å². The van der Waals surface area contributed by atoms with Crippen LogP contribution in [0.3, 0.4) is 0 Å². The molecular weight excluding hydrogens is 288 g/mol. The summed E-state index contributed by atoms with van der Waals surface area (Å²) in [4.78, 5) is 12.4. The van der Waals surface area contributed by atoms with Crippen LogP contribution in [0.5, 0.6) is 5.75 Å². The van der Waals surface area contributed by atoms with E-state index in [9.17, 15) is 4.79 Å². The van der Waals surface area contributed by atoms with Crippen molar-refractivity contribution in [1.82, 2.24) is 9.78 Å². The predicted octanol–water partition coefficient (Wildman–Crippen LogP) is 3.11. The summed E-state index contributed by atoms with van der Waals surface area (Å²) in [6.45, 7) is 0.313. The minimum Gasteiger partial charge on any atom is -0.496 e. The van der Waals surface area contributed by atoms with Gasteiger partial charge in [-0.25, -0.2) is 4.68 Å². The van der Waals surface area contributed by atoms with E-state index in [0.717, 1.165) is 10.9 Å². The van der Waals surface area contributed by atoms with Gasteiger partial charge >= 0.3 is 0 Å². The first-order valence-corrected chi connectivity index (χ1v) is 6.84.